The number of pyridine rings is 1. The van der Waals surface area contributed by atoms with Crippen molar-refractivity contribution in [2.45, 2.75) is 57.9 Å². The highest BCUT2D eigenvalue weighted by molar-refractivity contribution is 5.52. The Morgan fingerprint density at radius 3 is 2.67 bits per heavy atom. The fraction of sp³-hybridized carbons (Fsp3) is 0.667. The number of aromatic nitrogens is 1. The number of nitrogens with zero attached hydrogens (tertiary/aromatic N) is 1. The minimum absolute atomic E-state index is 0.578. The number of anilines is 1. The largest absolute Gasteiger partial charge is 0.476 e. The van der Waals surface area contributed by atoms with Gasteiger partial charge in [-0.15, -0.1) is 0 Å². The highest BCUT2D eigenvalue weighted by Crippen LogP contribution is 2.25. The van der Waals surface area contributed by atoms with E-state index in [1.165, 1.54) is 44.9 Å². The second kappa shape index (κ2) is 7.24. The Labute approximate surface area is 110 Å². The molecule has 0 atom stereocenters. The van der Waals surface area contributed by atoms with Gasteiger partial charge in [-0.25, -0.2) is 4.98 Å². The molecule has 3 nitrogen and oxygen atoms in total. The molecule has 1 fully saturated rings. The van der Waals surface area contributed by atoms with Crippen LogP contribution in [0.2, 0.25) is 0 Å². The zero-order valence-corrected chi connectivity index (χ0v) is 11.3. The molecule has 1 heterocycles. The number of hydrogen-bond acceptors (Lipinski definition) is 3. The number of hydrogen-bond donors (Lipinski definition) is 1. The highest BCUT2D eigenvalue weighted by atomic mass is 16.5. The van der Waals surface area contributed by atoms with Gasteiger partial charge in [0.2, 0.25) is 5.88 Å². The number of rotatable bonds is 4. The zero-order chi connectivity index (χ0) is 12.6. The molecule has 100 valence electrons. The molecule has 0 amide bonds. The third kappa shape index (κ3) is 3.90. The predicted octanol–water partition coefficient (Wildman–Crippen LogP) is 4.01. The Bertz CT molecular complexity index is 346. The quantitative estimate of drug-likeness (QED) is 0.874. The standard InChI is InChI=1S/C15H24N2O/c1-2-18-15-14(11-8-12-16-15)17-13-9-6-4-3-5-7-10-13/h8,11-13,17H,2-7,9-10H2,1H3. The molecule has 1 N–H and O–H groups in total. The smallest absolute Gasteiger partial charge is 0.237 e. The van der Waals surface area contributed by atoms with Crippen molar-refractivity contribution in [2.75, 3.05) is 11.9 Å². The van der Waals surface area contributed by atoms with E-state index in [2.05, 4.69) is 16.4 Å². The fourth-order valence-electron chi connectivity index (χ4n) is 2.57. The molecule has 0 saturated heterocycles. The molecule has 0 aromatic carbocycles. The van der Waals surface area contributed by atoms with Gasteiger partial charge >= 0.3 is 0 Å². The third-order valence-electron chi connectivity index (χ3n) is 3.52. The van der Waals surface area contributed by atoms with Gasteiger partial charge in [-0.3, -0.25) is 0 Å². The van der Waals surface area contributed by atoms with Gasteiger partial charge in [-0.2, -0.15) is 0 Å². The Morgan fingerprint density at radius 1 is 1.22 bits per heavy atom. The van der Waals surface area contributed by atoms with Crippen LogP contribution in [0.4, 0.5) is 5.69 Å². The average molecular weight is 248 g/mol. The Hall–Kier alpha value is -1.25. The summed E-state index contributed by atoms with van der Waals surface area (Å²) in [5.74, 6) is 0.738. The van der Waals surface area contributed by atoms with Gasteiger partial charge < -0.3 is 10.1 Å². The van der Waals surface area contributed by atoms with E-state index in [0.29, 0.717) is 12.6 Å². The van der Waals surface area contributed by atoms with Gasteiger partial charge in [0.05, 0.1) is 12.3 Å². The van der Waals surface area contributed by atoms with E-state index in [4.69, 9.17) is 4.74 Å². The first kappa shape index (κ1) is 13.2. The van der Waals surface area contributed by atoms with Crippen molar-refractivity contribution < 1.29 is 4.74 Å². The van der Waals surface area contributed by atoms with Gasteiger partial charge in [0, 0.05) is 12.2 Å². The van der Waals surface area contributed by atoms with Crippen LogP contribution in [0.3, 0.4) is 0 Å². The lowest BCUT2D eigenvalue weighted by Crippen LogP contribution is -2.21. The summed E-state index contributed by atoms with van der Waals surface area (Å²) in [6.07, 6.45) is 11.1. The van der Waals surface area contributed by atoms with Crippen molar-refractivity contribution in [2.24, 2.45) is 0 Å². The summed E-state index contributed by atoms with van der Waals surface area (Å²) in [5.41, 5.74) is 1.05. The van der Waals surface area contributed by atoms with E-state index in [9.17, 15) is 0 Å². The Morgan fingerprint density at radius 2 is 1.94 bits per heavy atom. The first-order valence-corrected chi connectivity index (χ1v) is 7.24. The molecule has 1 aromatic rings. The second-order valence-corrected chi connectivity index (χ2v) is 4.98. The van der Waals surface area contributed by atoms with Gasteiger partial charge in [-0.1, -0.05) is 32.1 Å². The van der Waals surface area contributed by atoms with Crippen LogP contribution in [0.15, 0.2) is 18.3 Å². The molecular weight excluding hydrogens is 224 g/mol. The minimum Gasteiger partial charge on any atom is -0.476 e. The molecule has 0 radical (unpaired) electrons. The van der Waals surface area contributed by atoms with E-state index in [1.807, 2.05) is 13.0 Å². The summed E-state index contributed by atoms with van der Waals surface area (Å²) in [4.78, 5) is 4.29. The van der Waals surface area contributed by atoms with Crippen LogP contribution >= 0.6 is 0 Å². The highest BCUT2D eigenvalue weighted by Gasteiger charge is 2.13. The first-order valence-electron chi connectivity index (χ1n) is 7.24. The molecule has 18 heavy (non-hydrogen) atoms. The molecule has 1 aliphatic rings. The summed E-state index contributed by atoms with van der Waals surface area (Å²) in [6, 6.07) is 4.61. The van der Waals surface area contributed by atoms with Crippen LogP contribution in [0.25, 0.3) is 0 Å². The number of ether oxygens (including phenoxy) is 1. The SMILES string of the molecule is CCOc1ncccc1NC1CCCCCCC1. The molecule has 1 saturated carbocycles. The second-order valence-electron chi connectivity index (χ2n) is 4.98. The van der Waals surface area contributed by atoms with Gasteiger partial charge in [0.25, 0.3) is 0 Å². The zero-order valence-electron chi connectivity index (χ0n) is 11.3. The Kier molecular flexibility index (Phi) is 5.31. The van der Waals surface area contributed by atoms with Gasteiger partial charge in [0.1, 0.15) is 0 Å². The van der Waals surface area contributed by atoms with Crippen LogP contribution in [0, 0.1) is 0 Å². The predicted molar refractivity (Wildman–Crippen MR) is 75.1 cm³/mol. The van der Waals surface area contributed by atoms with E-state index in [0.717, 1.165) is 11.6 Å². The topological polar surface area (TPSA) is 34.1 Å². The lowest BCUT2D eigenvalue weighted by atomic mass is 9.96. The lowest BCUT2D eigenvalue weighted by molar-refractivity contribution is 0.328. The summed E-state index contributed by atoms with van der Waals surface area (Å²) >= 11 is 0. The monoisotopic (exact) mass is 248 g/mol. The van der Waals surface area contributed by atoms with E-state index >= 15 is 0 Å². The van der Waals surface area contributed by atoms with Crippen molar-refractivity contribution in [1.82, 2.24) is 4.98 Å². The van der Waals surface area contributed by atoms with Gasteiger partial charge in [-0.05, 0) is 31.9 Å². The molecule has 0 bridgehead atoms. The molecule has 1 aromatic heterocycles. The van der Waals surface area contributed by atoms with Crippen molar-refractivity contribution in [1.29, 1.82) is 0 Å². The summed E-state index contributed by atoms with van der Waals surface area (Å²) < 4.78 is 5.56. The maximum absolute atomic E-state index is 5.56. The van der Waals surface area contributed by atoms with Crippen LogP contribution in [-0.2, 0) is 0 Å². The first-order chi connectivity index (χ1) is 8.90. The van der Waals surface area contributed by atoms with Crippen LogP contribution in [0.1, 0.15) is 51.9 Å². The molecule has 0 spiro atoms. The summed E-state index contributed by atoms with van der Waals surface area (Å²) in [6.45, 7) is 2.66. The number of nitrogens with one attached hydrogen (secondary N) is 1. The van der Waals surface area contributed by atoms with E-state index in [1.54, 1.807) is 6.20 Å². The molecule has 0 aliphatic heterocycles. The van der Waals surface area contributed by atoms with Crippen molar-refractivity contribution in [3.8, 4) is 5.88 Å². The van der Waals surface area contributed by atoms with E-state index in [-0.39, 0.29) is 0 Å². The van der Waals surface area contributed by atoms with Crippen molar-refractivity contribution in [3.05, 3.63) is 18.3 Å². The molecule has 3 heteroatoms. The third-order valence-corrected chi connectivity index (χ3v) is 3.52. The summed E-state index contributed by atoms with van der Waals surface area (Å²) in [7, 11) is 0. The average Bonchev–Trinajstić information content (AvgIpc) is 2.35. The van der Waals surface area contributed by atoms with Crippen molar-refractivity contribution in [3.63, 3.8) is 0 Å². The maximum atomic E-state index is 5.56. The van der Waals surface area contributed by atoms with E-state index < -0.39 is 0 Å². The molecular formula is C15H24N2O. The van der Waals surface area contributed by atoms with Crippen LogP contribution < -0.4 is 10.1 Å². The van der Waals surface area contributed by atoms with Crippen LogP contribution in [-0.4, -0.2) is 17.6 Å². The normalized spacial score (nSPS) is 17.8. The fourth-order valence-corrected chi connectivity index (χ4v) is 2.57. The Balaban J connectivity index is 1.98. The van der Waals surface area contributed by atoms with Crippen LogP contribution in [0.5, 0.6) is 5.88 Å². The molecule has 0 unspecified atom stereocenters. The lowest BCUT2D eigenvalue weighted by Gasteiger charge is -2.22. The van der Waals surface area contributed by atoms with Gasteiger partial charge in [0.15, 0.2) is 0 Å². The maximum Gasteiger partial charge on any atom is 0.237 e. The molecule has 2 rings (SSSR count). The van der Waals surface area contributed by atoms with Crippen molar-refractivity contribution >= 4 is 5.69 Å². The summed E-state index contributed by atoms with van der Waals surface area (Å²) in [5, 5.41) is 3.61. The minimum atomic E-state index is 0.578. The molecule has 1 aliphatic carbocycles.